The lowest BCUT2D eigenvalue weighted by Crippen LogP contribution is -2.41. The number of nitrogen functional groups attached to an aromatic ring is 1. The van der Waals surface area contributed by atoms with Crippen LogP contribution in [0.2, 0.25) is 0 Å². The van der Waals surface area contributed by atoms with Gasteiger partial charge in [0.1, 0.15) is 5.82 Å². The SMILES string of the molecule is Nc1cc(S(=O)(=O)N2CCS(=O)CC2)c(Br)cc1F. The Labute approximate surface area is 121 Å². The molecule has 0 atom stereocenters. The molecule has 0 spiro atoms. The zero-order valence-electron chi connectivity index (χ0n) is 9.80. The molecular weight excluding hydrogens is 359 g/mol. The van der Waals surface area contributed by atoms with Crippen LogP contribution >= 0.6 is 15.9 Å². The first-order chi connectivity index (χ1) is 8.82. The summed E-state index contributed by atoms with van der Waals surface area (Å²) in [5, 5.41) is 0. The molecule has 0 radical (unpaired) electrons. The Kier molecular flexibility index (Phi) is 4.29. The Balaban J connectivity index is 2.40. The fourth-order valence-corrected chi connectivity index (χ4v) is 5.48. The summed E-state index contributed by atoms with van der Waals surface area (Å²) in [7, 11) is -4.72. The molecule has 19 heavy (non-hydrogen) atoms. The van der Waals surface area contributed by atoms with Crippen LogP contribution in [0.1, 0.15) is 0 Å². The molecule has 9 heteroatoms. The quantitative estimate of drug-likeness (QED) is 0.785. The average molecular weight is 371 g/mol. The highest BCUT2D eigenvalue weighted by atomic mass is 79.9. The minimum absolute atomic E-state index is 0.0703. The van der Waals surface area contributed by atoms with Gasteiger partial charge in [-0.25, -0.2) is 12.8 Å². The molecule has 0 aromatic heterocycles. The van der Waals surface area contributed by atoms with Crippen molar-refractivity contribution in [3.63, 3.8) is 0 Å². The van der Waals surface area contributed by atoms with E-state index in [1.54, 1.807) is 0 Å². The minimum Gasteiger partial charge on any atom is -0.396 e. The van der Waals surface area contributed by atoms with Crippen molar-refractivity contribution in [2.24, 2.45) is 0 Å². The molecule has 1 heterocycles. The number of hydrogen-bond donors (Lipinski definition) is 1. The van der Waals surface area contributed by atoms with E-state index in [1.165, 1.54) is 4.31 Å². The number of hydrogen-bond acceptors (Lipinski definition) is 4. The van der Waals surface area contributed by atoms with Crippen molar-refractivity contribution in [2.75, 3.05) is 30.3 Å². The minimum atomic E-state index is -3.75. The molecule has 1 aromatic rings. The van der Waals surface area contributed by atoms with Crippen molar-refractivity contribution in [2.45, 2.75) is 4.90 Å². The molecule has 0 amide bonds. The molecule has 0 saturated carbocycles. The van der Waals surface area contributed by atoms with Crippen molar-refractivity contribution < 1.29 is 17.0 Å². The third-order valence-electron chi connectivity index (χ3n) is 2.81. The van der Waals surface area contributed by atoms with Crippen molar-refractivity contribution in [3.8, 4) is 0 Å². The van der Waals surface area contributed by atoms with Crippen molar-refractivity contribution in [1.82, 2.24) is 4.31 Å². The third-order valence-corrected chi connectivity index (χ3v) is 6.94. The molecule has 0 aliphatic carbocycles. The Morgan fingerprint density at radius 3 is 2.47 bits per heavy atom. The first-order valence-corrected chi connectivity index (χ1v) is 9.14. The van der Waals surface area contributed by atoms with Crippen LogP contribution in [-0.4, -0.2) is 41.5 Å². The number of anilines is 1. The summed E-state index contributed by atoms with van der Waals surface area (Å²) in [4.78, 5) is -0.0703. The second-order valence-electron chi connectivity index (χ2n) is 4.06. The van der Waals surface area contributed by atoms with Gasteiger partial charge in [0.05, 0.1) is 10.6 Å². The van der Waals surface area contributed by atoms with Crippen LogP contribution in [-0.2, 0) is 20.8 Å². The number of nitrogens with zero attached hydrogens (tertiary/aromatic N) is 1. The zero-order chi connectivity index (χ0) is 14.2. The molecule has 2 rings (SSSR count). The molecule has 2 N–H and O–H groups in total. The Morgan fingerprint density at radius 2 is 1.89 bits per heavy atom. The van der Waals surface area contributed by atoms with Gasteiger partial charge in [0.25, 0.3) is 0 Å². The van der Waals surface area contributed by atoms with Gasteiger partial charge < -0.3 is 5.73 Å². The Morgan fingerprint density at radius 1 is 1.32 bits per heavy atom. The molecule has 0 unspecified atom stereocenters. The number of sulfonamides is 1. The maximum absolute atomic E-state index is 13.2. The van der Waals surface area contributed by atoms with Crippen LogP contribution in [0.3, 0.4) is 0 Å². The standard InChI is InChI=1S/C10H12BrFN2O3S2/c11-7-5-8(12)9(13)6-10(7)19(16,17)14-1-3-18(15)4-2-14/h5-6H,1-4,13H2. The highest BCUT2D eigenvalue weighted by molar-refractivity contribution is 9.10. The number of benzene rings is 1. The molecule has 0 bridgehead atoms. The summed E-state index contributed by atoms with van der Waals surface area (Å²) in [6.45, 7) is 0.386. The number of nitrogens with two attached hydrogens (primary N) is 1. The van der Waals surface area contributed by atoms with Crippen LogP contribution in [0.25, 0.3) is 0 Å². The van der Waals surface area contributed by atoms with E-state index in [-0.39, 0.29) is 28.1 Å². The van der Waals surface area contributed by atoms with Crippen LogP contribution in [0.5, 0.6) is 0 Å². The van der Waals surface area contributed by atoms with E-state index in [0.29, 0.717) is 11.5 Å². The normalized spacial score (nSPS) is 18.6. The Hall–Kier alpha value is -0.510. The van der Waals surface area contributed by atoms with E-state index in [2.05, 4.69) is 15.9 Å². The molecule has 1 aromatic carbocycles. The maximum atomic E-state index is 13.2. The number of halogens is 2. The van der Waals surface area contributed by atoms with Crippen LogP contribution < -0.4 is 5.73 Å². The van der Waals surface area contributed by atoms with Crippen LogP contribution in [0.15, 0.2) is 21.5 Å². The van der Waals surface area contributed by atoms with Crippen molar-refractivity contribution in [1.29, 1.82) is 0 Å². The first kappa shape index (κ1) is 14.9. The third kappa shape index (κ3) is 2.99. The monoisotopic (exact) mass is 370 g/mol. The van der Waals surface area contributed by atoms with E-state index in [1.807, 2.05) is 0 Å². The largest absolute Gasteiger partial charge is 0.396 e. The molecule has 1 aliphatic heterocycles. The van der Waals surface area contributed by atoms with Gasteiger partial charge in [-0.15, -0.1) is 0 Å². The topological polar surface area (TPSA) is 80.5 Å². The fourth-order valence-electron chi connectivity index (χ4n) is 1.74. The van der Waals surface area contributed by atoms with Crippen molar-refractivity contribution in [3.05, 3.63) is 22.4 Å². The van der Waals surface area contributed by atoms with Gasteiger partial charge in [-0.1, -0.05) is 0 Å². The predicted octanol–water partition coefficient (Wildman–Crippen LogP) is 0.923. The summed E-state index contributed by atoms with van der Waals surface area (Å²) >= 11 is 3.03. The van der Waals surface area contributed by atoms with Gasteiger partial charge >= 0.3 is 0 Å². The molecule has 1 saturated heterocycles. The fraction of sp³-hybridized carbons (Fsp3) is 0.400. The lowest BCUT2D eigenvalue weighted by Gasteiger charge is -2.26. The van der Waals surface area contributed by atoms with E-state index in [9.17, 15) is 17.0 Å². The van der Waals surface area contributed by atoms with E-state index >= 15 is 0 Å². The zero-order valence-corrected chi connectivity index (χ0v) is 13.0. The lowest BCUT2D eigenvalue weighted by molar-refractivity contribution is 0.438. The maximum Gasteiger partial charge on any atom is 0.244 e. The van der Waals surface area contributed by atoms with Crippen LogP contribution in [0, 0.1) is 5.82 Å². The number of rotatable bonds is 2. The molecule has 1 aliphatic rings. The van der Waals surface area contributed by atoms with Gasteiger partial charge in [-0.3, -0.25) is 4.21 Å². The molecule has 5 nitrogen and oxygen atoms in total. The summed E-state index contributed by atoms with van der Waals surface area (Å²) in [6.07, 6.45) is 0. The van der Waals surface area contributed by atoms with E-state index in [4.69, 9.17) is 5.73 Å². The van der Waals surface area contributed by atoms with Gasteiger partial charge in [-0.05, 0) is 28.1 Å². The molecule has 106 valence electrons. The van der Waals surface area contributed by atoms with Gasteiger partial charge in [0.2, 0.25) is 10.0 Å². The van der Waals surface area contributed by atoms with E-state index in [0.717, 1.165) is 12.1 Å². The Bertz CT molecular complexity index is 626. The second-order valence-corrected chi connectivity index (χ2v) is 8.51. The second kappa shape index (κ2) is 5.47. The van der Waals surface area contributed by atoms with Gasteiger partial charge in [0.15, 0.2) is 0 Å². The highest BCUT2D eigenvalue weighted by Gasteiger charge is 2.30. The van der Waals surface area contributed by atoms with Gasteiger partial charge in [0, 0.05) is 39.9 Å². The smallest absolute Gasteiger partial charge is 0.244 e. The summed E-state index contributed by atoms with van der Waals surface area (Å²) in [5.74, 6) is -0.0494. The van der Waals surface area contributed by atoms with Crippen LogP contribution in [0.4, 0.5) is 10.1 Å². The predicted molar refractivity (Wildman–Crippen MR) is 75.1 cm³/mol. The first-order valence-electron chi connectivity index (χ1n) is 5.42. The summed E-state index contributed by atoms with van der Waals surface area (Å²) < 4.78 is 50.7. The van der Waals surface area contributed by atoms with E-state index < -0.39 is 26.6 Å². The lowest BCUT2D eigenvalue weighted by atomic mass is 10.3. The summed E-state index contributed by atoms with van der Waals surface area (Å²) in [6, 6.07) is 2.13. The van der Waals surface area contributed by atoms with Gasteiger partial charge in [-0.2, -0.15) is 4.31 Å². The highest BCUT2D eigenvalue weighted by Crippen LogP contribution is 2.29. The molecule has 1 fully saturated rings. The molecular formula is C10H12BrFN2O3S2. The van der Waals surface area contributed by atoms with Crippen molar-refractivity contribution >= 4 is 42.4 Å². The summed E-state index contributed by atoms with van der Waals surface area (Å²) in [5.41, 5.74) is 5.19. The average Bonchev–Trinajstić information content (AvgIpc) is 2.34.